The quantitative estimate of drug-likeness (QED) is 0.681. The molecule has 0 saturated heterocycles. The zero-order valence-electron chi connectivity index (χ0n) is 7.41. The normalized spacial score (nSPS) is 10.1. The second-order valence-corrected chi connectivity index (χ2v) is 3.93. The Bertz CT molecular complexity index is 437. The van der Waals surface area contributed by atoms with Gasteiger partial charge in [-0.1, -0.05) is 0 Å². The summed E-state index contributed by atoms with van der Waals surface area (Å²) < 4.78 is 14.0. The fraction of sp³-hybridized carbons (Fsp3) is 0. The van der Waals surface area contributed by atoms with Gasteiger partial charge in [0.2, 0.25) is 0 Å². The first-order valence-electron chi connectivity index (χ1n) is 4.29. The van der Waals surface area contributed by atoms with Crippen molar-refractivity contribution in [3.63, 3.8) is 0 Å². The molecular weight excluding hydrogens is 242 g/mol. The van der Waals surface area contributed by atoms with E-state index in [1.54, 1.807) is 12.1 Å². The topological polar surface area (TPSA) is 0 Å². The Morgan fingerprint density at radius 3 is 2.36 bits per heavy atom. The van der Waals surface area contributed by atoms with Crippen molar-refractivity contribution in [1.82, 2.24) is 0 Å². The van der Waals surface area contributed by atoms with Crippen molar-refractivity contribution in [2.45, 2.75) is 0 Å². The summed E-state index contributed by atoms with van der Waals surface area (Å²) >= 11 is 2.93. The van der Waals surface area contributed by atoms with Gasteiger partial charge in [-0.15, -0.1) is 0 Å². The van der Waals surface area contributed by atoms with Crippen LogP contribution in [-0.2, 0) is 0 Å². The van der Waals surface area contributed by atoms with Gasteiger partial charge in [-0.3, -0.25) is 0 Å². The third-order valence-electron chi connectivity index (χ3n) is 2.03. The van der Waals surface area contributed by atoms with E-state index in [1.165, 1.54) is 6.07 Å². The molecule has 0 aliphatic rings. The average molecular weight is 250 g/mol. The molecule has 0 unspecified atom stereocenters. The summed E-state index contributed by atoms with van der Waals surface area (Å²) in [5.74, 6) is -0.206. The molecular formula is C12H8FSe. The van der Waals surface area contributed by atoms with Gasteiger partial charge in [0.1, 0.15) is 0 Å². The molecule has 0 heterocycles. The molecule has 0 aliphatic carbocycles. The maximum absolute atomic E-state index is 13.0. The van der Waals surface area contributed by atoms with Crippen LogP contribution in [0.25, 0.3) is 11.1 Å². The standard InChI is InChI=1S/C12H8FSe/c13-10-6-7-12(14)11(8-10)9-4-2-1-3-5-9/h1-8H. The van der Waals surface area contributed by atoms with Crippen LogP contribution in [0.15, 0.2) is 48.5 Å². The second-order valence-electron chi connectivity index (χ2n) is 3.01. The molecule has 0 atom stereocenters. The summed E-state index contributed by atoms with van der Waals surface area (Å²) in [5, 5.41) is 0. The van der Waals surface area contributed by atoms with Crippen LogP contribution in [0.5, 0.6) is 0 Å². The van der Waals surface area contributed by atoms with Gasteiger partial charge in [0.15, 0.2) is 0 Å². The third-order valence-corrected chi connectivity index (χ3v) is 2.77. The van der Waals surface area contributed by atoms with Crippen molar-refractivity contribution in [2.24, 2.45) is 0 Å². The summed E-state index contributed by atoms with van der Waals surface area (Å²) in [6, 6.07) is 14.5. The molecule has 0 aliphatic heterocycles. The first-order valence-corrected chi connectivity index (χ1v) is 5.15. The molecule has 2 aromatic rings. The van der Waals surface area contributed by atoms with Crippen LogP contribution in [0.3, 0.4) is 0 Å². The summed E-state index contributed by atoms with van der Waals surface area (Å²) in [6.45, 7) is 0. The van der Waals surface area contributed by atoms with Crippen molar-refractivity contribution >= 4 is 20.5 Å². The zero-order chi connectivity index (χ0) is 9.97. The summed E-state index contributed by atoms with van der Waals surface area (Å²) in [6.07, 6.45) is 0. The van der Waals surface area contributed by atoms with Crippen LogP contribution >= 0.6 is 0 Å². The van der Waals surface area contributed by atoms with Gasteiger partial charge in [0, 0.05) is 0 Å². The van der Waals surface area contributed by atoms with Crippen molar-refractivity contribution in [1.29, 1.82) is 0 Å². The molecule has 0 N–H and O–H groups in total. The molecule has 0 spiro atoms. The Hall–Kier alpha value is -1.11. The molecule has 14 heavy (non-hydrogen) atoms. The minimum atomic E-state index is -0.206. The van der Waals surface area contributed by atoms with Crippen LogP contribution in [0.2, 0.25) is 0 Å². The zero-order valence-corrected chi connectivity index (χ0v) is 9.12. The third kappa shape index (κ3) is 1.87. The van der Waals surface area contributed by atoms with Crippen molar-refractivity contribution in [2.75, 3.05) is 0 Å². The fourth-order valence-corrected chi connectivity index (χ4v) is 1.86. The Labute approximate surface area is 90.6 Å². The van der Waals surface area contributed by atoms with E-state index < -0.39 is 0 Å². The van der Waals surface area contributed by atoms with Crippen LogP contribution in [-0.4, -0.2) is 16.0 Å². The Morgan fingerprint density at radius 1 is 0.929 bits per heavy atom. The van der Waals surface area contributed by atoms with Gasteiger partial charge in [-0.05, 0) is 0 Å². The van der Waals surface area contributed by atoms with Gasteiger partial charge < -0.3 is 0 Å². The molecule has 0 bridgehead atoms. The summed E-state index contributed by atoms with van der Waals surface area (Å²) in [7, 11) is 0. The number of hydrogen-bond donors (Lipinski definition) is 0. The number of rotatable bonds is 1. The van der Waals surface area contributed by atoms with Crippen LogP contribution in [0.4, 0.5) is 4.39 Å². The molecule has 69 valence electrons. The number of benzene rings is 2. The predicted octanol–water partition coefficient (Wildman–Crippen LogP) is 2.29. The van der Waals surface area contributed by atoms with Crippen molar-refractivity contribution in [3.05, 3.63) is 54.3 Å². The molecule has 0 saturated carbocycles. The monoisotopic (exact) mass is 251 g/mol. The first-order chi connectivity index (χ1) is 6.77. The fourth-order valence-electron chi connectivity index (χ4n) is 1.35. The van der Waals surface area contributed by atoms with E-state index in [-0.39, 0.29) is 5.82 Å². The molecule has 0 nitrogen and oxygen atoms in total. The van der Waals surface area contributed by atoms with Crippen LogP contribution < -0.4 is 4.46 Å². The number of hydrogen-bond acceptors (Lipinski definition) is 0. The first kappa shape index (κ1) is 9.44. The van der Waals surface area contributed by atoms with Gasteiger partial charge in [-0.25, -0.2) is 0 Å². The Morgan fingerprint density at radius 2 is 1.64 bits per heavy atom. The van der Waals surface area contributed by atoms with E-state index >= 15 is 0 Å². The predicted molar refractivity (Wildman–Crippen MR) is 57.2 cm³/mol. The van der Waals surface area contributed by atoms with Gasteiger partial charge in [-0.2, -0.15) is 0 Å². The molecule has 0 amide bonds. The minimum absolute atomic E-state index is 0.206. The molecule has 0 fully saturated rings. The van der Waals surface area contributed by atoms with Crippen molar-refractivity contribution < 1.29 is 4.39 Å². The van der Waals surface area contributed by atoms with Gasteiger partial charge >= 0.3 is 90.3 Å². The van der Waals surface area contributed by atoms with Crippen LogP contribution in [0, 0.1) is 5.82 Å². The van der Waals surface area contributed by atoms with E-state index in [1.807, 2.05) is 30.3 Å². The van der Waals surface area contributed by atoms with Gasteiger partial charge in [0.05, 0.1) is 0 Å². The summed E-state index contributed by atoms with van der Waals surface area (Å²) in [5.41, 5.74) is 1.94. The average Bonchev–Trinajstić information content (AvgIpc) is 2.23. The second kappa shape index (κ2) is 3.95. The van der Waals surface area contributed by atoms with E-state index in [4.69, 9.17) is 0 Å². The van der Waals surface area contributed by atoms with Crippen LogP contribution in [0.1, 0.15) is 0 Å². The SMILES string of the molecule is Fc1ccc([Se])c(-c2ccccc2)c1. The molecule has 2 heteroatoms. The molecule has 2 aromatic carbocycles. The molecule has 2 rings (SSSR count). The van der Waals surface area contributed by atoms with Crippen molar-refractivity contribution in [3.8, 4) is 11.1 Å². The molecule has 0 aromatic heterocycles. The van der Waals surface area contributed by atoms with E-state index in [2.05, 4.69) is 16.0 Å². The molecule has 1 radical (unpaired) electrons. The summed E-state index contributed by atoms with van der Waals surface area (Å²) in [4.78, 5) is 0. The maximum atomic E-state index is 13.0. The number of halogens is 1. The van der Waals surface area contributed by atoms with Gasteiger partial charge in [0.25, 0.3) is 0 Å². The van der Waals surface area contributed by atoms with E-state index in [0.29, 0.717) is 0 Å². The Balaban J connectivity index is 2.57. The Kier molecular flexibility index (Phi) is 2.67. The van der Waals surface area contributed by atoms with E-state index in [0.717, 1.165) is 15.6 Å². The van der Waals surface area contributed by atoms with E-state index in [9.17, 15) is 4.39 Å².